The number of nitrogens with two attached hydrogens (primary N) is 1. The SMILES string of the molecule is CCCN(CCO)Cc1cc(C(N)=O)cs1. The third-order valence-corrected chi connectivity index (χ3v) is 3.20. The number of carbonyl (C=O) groups excluding carboxylic acids is 1. The molecule has 0 aliphatic carbocycles. The molecule has 0 fully saturated rings. The molecule has 5 heteroatoms. The first kappa shape index (κ1) is 13.2. The minimum Gasteiger partial charge on any atom is -0.395 e. The van der Waals surface area contributed by atoms with Gasteiger partial charge in [-0.1, -0.05) is 6.92 Å². The second-order valence-electron chi connectivity index (χ2n) is 3.67. The van der Waals surface area contributed by atoms with Crippen LogP contribution in [-0.4, -0.2) is 35.6 Å². The van der Waals surface area contributed by atoms with Gasteiger partial charge in [0.2, 0.25) is 5.91 Å². The van der Waals surface area contributed by atoms with Gasteiger partial charge in [-0.3, -0.25) is 9.69 Å². The van der Waals surface area contributed by atoms with Gasteiger partial charge in [0.05, 0.1) is 12.2 Å². The van der Waals surface area contributed by atoms with E-state index in [0.29, 0.717) is 12.1 Å². The zero-order chi connectivity index (χ0) is 12.0. The van der Waals surface area contributed by atoms with Crippen LogP contribution in [-0.2, 0) is 6.54 Å². The van der Waals surface area contributed by atoms with Crippen molar-refractivity contribution in [1.82, 2.24) is 4.90 Å². The smallest absolute Gasteiger partial charge is 0.249 e. The first-order valence-corrected chi connectivity index (χ1v) is 6.25. The van der Waals surface area contributed by atoms with Gasteiger partial charge in [-0.2, -0.15) is 0 Å². The second kappa shape index (κ2) is 6.62. The van der Waals surface area contributed by atoms with E-state index in [1.807, 2.05) is 6.07 Å². The lowest BCUT2D eigenvalue weighted by atomic mass is 10.3. The molecule has 3 N–H and O–H groups in total. The number of hydrogen-bond donors (Lipinski definition) is 2. The van der Waals surface area contributed by atoms with Gasteiger partial charge in [-0.15, -0.1) is 11.3 Å². The van der Waals surface area contributed by atoms with Crippen molar-refractivity contribution in [3.05, 3.63) is 21.9 Å². The predicted octanol–water partition coefficient (Wildman–Crippen LogP) is 1.05. The molecular weight excluding hydrogens is 224 g/mol. The molecule has 1 aromatic rings. The largest absolute Gasteiger partial charge is 0.395 e. The maximum absolute atomic E-state index is 10.9. The fraction of sp³-hybridized carbons (Fsp3) is 0.545. The Morgan fingerprint density at radius 2 is 2.31 bits per heavy atom. The molecule has 1 amide bonds. The molecule has 4 nitrogen and oxygen atoms in total. The minimum atomic E-state index is -0.383. The lowest BCUT2D eigenvalue weighted by Crippen LogP contribution is -2.26. The van der Waals surface area contributed by atoms with E-state index in [-0.39, 0.29) is 12.5 Å². The van der Waals surface area contributed by atoms with Crippen molar-refractivity contribution in [1.29, 1.82) is 0 Å². The number of nitrogens with zero attached hydrogens (tertiary/aromatic N) is 1. The summed E-state index contributed by atoms with van der Waals surface area (Å²) in [6.07, 6.45) is 1.05. The minimum absolute atomic E-state index is 0.161. The summed E-state index contributed by atoms with van der Waals surface area (Å²) >= 11 is 1.53. The van der Waals surface area contributed by atoms with E-state index in [2.05, 4.69) is 11.8 Å². The van der Waals surface area contributed by atoms with E-state index in [0.717, 1.165) is 24.4 Å². The van der Waals surface area contributed by atoms with Crippen molar-refractivity contribution in [2.75, 3.05) is 19.7 Å². The Kier molecular flexibility index (Phi) is 5.45. The van der Waals surface area contributed by atoms with Gasteiger partial charge in [0.15, 0.2) is 0 Å². The molecule has 0 saturated carbocycles. The highest BCUT2D eigenvalue weighted by Crippen LogP contribution is 2.16. The Bertz CT molecular complexity index is 332. The topological polar surface area (TPSA) is 66.6 Å². The van der Waals surface area contributed by atoms with E-state index in [9.17, 15) is 4.79 Å². The van der Waals surface area contributed by atoms with E-state index in [1.165, 1.54) is 11.3 Å². The Morgan fingerprint density at radius 1 is 1.56 bits per heavy atom. The van der Waals surface area contributed by atoms with Crippen LogP contribution in [0.2, 0.25) is 0 Å². The fourth-order valence-electron chi connectivity index (χ4n) is 1.54. The molecule has 0 aromatic carbocycles. The Labute approximate surface area is 99.7 Å². The average molecular weight is 242 g/mol. The van der Waals surface area contributed by atoms with Crippen LogP contribution in [0.3, 0.4) is 0 Å². The van der Waals surface area contributed by atoms with Crippen LogP contribution in [0.4, 0.5) is 0 Å². The van der Waals surface area contributed by atoms with Crippen LogP contribution >= 0.6 is 11.3 Å². The van der Waals surface area contributed by atoms with Gasteiger partial charge in [0.25, 0.3) is 0 Å². The summed E-state index contributed by atoms with van der Waals surface area (Å²) < 4.78 is 0. The van der Waals surface area contributed by atoms with Crippen LogP contribution in [0, 0.1) is 0 Å². The lowest BCUT2D eigenvalue weighted by Gasteiger charge is -2.19. The van der Waals surface area contributed by atoms with Crippen LogP contribution in [0.1, 0.15) is 28.6 Å². The number of primary amides is 1. The first-order chi connectivity index (χ1) is 7.67. The average Bonchev–Trinajstić information content (AvgIpc) is 2.67. The molecule has 90 valence electrons. The number of amides is 1. The molecule has 16 heavy (non-hydrogen) atoms. The molecule has 1 aromatic heterocycles. The van der Waals surface area contributed by atoms with Crippen molar-refractivity contribution < 1.29 is 9.90 Å². The van der Waals surface area contributed by atoms with Gasteiger partial charge < -0.3 is 10.8 Å². The second-order valence-corrected chi connectivity index (χ2v) is 4.66. The zero-order valence-corrected chi connectivity index (χ0v) is 10.3. The van der Waals surface area contributed by atoms with E-state index < -0.39 is 0 Å². The summed E-state index contributed by atoms with van der Waals surface area (Å²) in [4.78, 5) is 14.2. The molecule has 1 rings (SSSR count). The number of hydrogen-bond acceptors (Lipinski definition) is 4. The van der Waals surface area contributed by atoms with E-state index in [1.54, 1.807) is 5.38 Å². The number of thiophene rings is 1. The van der Waals surface area contributed by atoms with Gasteiger partial charge in [-0.25, -0.2) is 0 Å². The highest BCUT2D eigenvalue weighted by atomic mass is 32.1. The Hall–Kier alpha value is -0.910. The summed E-state index contributed by atoms with van der Waals surface area (Å²) in [7, 11) is 0. The van der Waals surface area contributed by atoms with Crippen LogP contribution in [0.5, 0.6) is 0 Å². The van der Waals surface area contributed by atoms with Crippen molar-refractivity contribution in [3.8, 4) is 0 Å². The monoisotopic (exact) mass is 242 g/mol. The maximum Gasteiger partial charge on any atom is 0.249 e. The highest BCUT2D eigenvalue weighted by Gasteiger charge is 2.08. The zero-order valence-electron chi connectivity index (χ0n) is 9.48. The molecule has 0 atom stereocenters. The summed E-state index contributed by atoms with van der Waals surface area (Å²) in [5.41, 5.74) is 5.76. The highest BCUT2D eigenvalue weighted by molar-refractivity contribution is 7.10. The maximum atomic E-state index is 10.9. The standard InChI is InChI=1S/C11H18N2O2S/c1-2-3-13(4-5-14)7-10-6-9(8-16-10)11(12)15/h6,8,14H,2-5,7H2,1H3,(H2,12,15). The number of carbonyl (C=O) groups is 1. The summed E-state index contributed by atoms with van der Waals surface area (Å²) in [6.45, 7) is 4.65. The summed E-state index contributed by atoms with van der Waals surface area (Å²) in [5, 5.41) is 10.7. The normalized spacial score (nSPS) is 10.9. The van der Waals surface area contributed by atoms with Gasteiger partial charge in [0.1, 0.15) is 0 Å². The van der Waals surface area contributed by atoms with Gasteiger partial charge in [0, 0.05) is 23.3 Å². The lowest BCUT2D eigenvalue weighted by molar-refractivity contribution is 0.100. The van der Waals surface area contributed by atoms with Crippen LogP contribution in [0.15, 0.2) is 11.4 Å². The fourth-order valence-corrected chi connectivity index (χ4v) is 2.46. The molecule has 0 radical (unpaired) electrons. The van der Waals surface area contributed by atoms with Crippen LogP contribution in [0.25, 0.3) is 0 Å². The summed E-state index contributed by atoms with van der Waals surface area (Å²) in [5.74, 6) is -0.383. The van der Waals surface area contributed by atoms with E-state index in [4.69, 9.17) is 10.8 Å². The predicted molar refractivity (Wildman–Crippen MR) is 65.5 cm³/mol. The molecular formula is C11H18N2O2S. The molecule has 1 heterocycles. The van der Waals surface area contributed by atoms with Gasteiger partial charge in [-0.05, 0) is 19.0 Å². The van der Waals surface area contributed by atoms with Gasteiger partial charge >= 0.3 is 0 Å². The van der Waals surface area contributed by atoms with Crippen molar-refractivity contribution >= 4 is 17.2 Å². The Morgan fingerprint density at radius 3 is 2.81 bits per heavy atom. The molecule has 0 bridgehead atoms. The van der Waals surface area contributed by atoms with Crippen LogP contribution < -0.4 is 5.73 Å². The molecule has 0 saturated heterocycles. The quantitative estimate of drug-likeness (QED) is 0.751. The summed E-state index contributed by atoms with van der Waals surface area (Å²) in [6, 6.07) is 1.83. The molecule has 0 aliphatic rings. The van der Waals surface area contributed by atoms with Crippen molar-refractivity contribution in [3.63, 3.8) is 0 Å². The van der Waals surface area contributed by atoms with Crippen molar-refractivity contribution in [2.24, 2.45) is 5.73 Å². The third-order valence-electron chi connectivity index (χ3n) is 2.27. The number of aliphatic hydroxyl groups excluding tert-OH is 1. The first-order valence-electron chi connectivity index (χ1n) is 5.37. The molecule has 0 aliphatic heterocycles. The number of rotatable bonds is 7. The number of aliphatic hydroxyl groups is 1. The van der Waals surface area contributed by atoms with E-state index >= 15 is 0 Å². The molecule has 0 unspecified atom stereocenters. The Balaban J connectivity index is 2.58. The molecule has 0 spiro atoms. The third kappa shape index (κ3) is 3.92. The van der Waals surface area contributed by atoms with Crippen molar-refractivity contribution in [2.45, 2.75) is 19.9 Å².